The molecule has 170 valence electrons. The molecule has 0 aliphatic rings. The van der Waals surface area contributed by atoms with Gasteiger partial charge in [-0.15, -0.1) is 0 Å². The first kappa shape index (κ1) is 26.2. The molecule has 1 rings (SSSR count). The highest BCUT2D eigenvalue weighted by Crippen LogP contribution is 2.23. The summed E-state index contributed by atoms with van der Waals surface area (Å²) in [7, 11) is 0. The van der Waals surface area contributed by atoms with E-state index in [0.717, 1.165) is 24.8 Å². The highest BCUT2D eigenvalue weighted by molar-refractivity contribution is 6.04. The van der Waals surface area contributed by atoms with Crippen molar-refractivity contribution in [2.45, 2.75) is 87.5 Å². The van der Waals surface area contributed by atoms with Crippen LogP contribution in [0.3, 0.4) is 0 Å². The van der Waals surface area contributed by atoms with E-state index in [-0.39, 0.29) is 10.8 Å². The van der Waals surface area contributed by atoms with Gasteiger partial charge in [0.15, 0.2) is 0 Å². The summed E-state index contributed by atoms with van der Waals surface area (Å²) in [5.41, 5.74) is 1.25. The third-order valence-corrected chi connectivity index (χ3v) is 4.57. The molecule has 0 saturated heterocycles. The molecule has 0 amide bonds. The van der Waals surface area contributed by atoms with Crippen LogP contribution in [-0.2, 0) is 15.9 Å². The third kappa shape index (κ3) is 10.3. The van der Waals surface area contributed by atoms with Crippen molar-refractivity contribution >= 4 is 11.9 Å². The first-order valence-electron chi connectivity index (χ1n) is 11.3. The number of unbranched alkanes of at least 4 members (excludes halogenated alkanes) is 2. The van der Waals surface area contributed by atoms with E-state index in [4.69, 9.17) is 9.47 Å². The maximum Gasteiger partial charge on any atom is 0.339 e. The van der Waals surface area contributed by atoms with E-state index in [1.165, 1.54) is 12.8 Å². The van der Waals surface area contributed by atoms with Gasteiger partial charge in [-0.3, -0.25) is 0 Å². The summed E-state index contributed by atoms with van der Waals surface area (Å²) < 4.78 is 11.1. The van der Waals surface area contributed by atoms with Crippen molar-refractivity contribution in [3.8, 4) is 0 Å². The number of ether oxygens (including phenoxy) is 2. The average Bonchev–Trinajstić information content (AvgIpc) is 2.62. The lowest BCUT2D eigenvalue weighted by Gasteiger charge is -2.21. The Bertz CT molecular complexity index is 690. The molecular weight excluding hydrogens is 376 g/mol. The van der Waals surface area contributed by atoms with Gasteiger partial charge in [-0.2, -0.15) is 0 Å². The van der Waals surface area contributed by atoms with Crippen molar-refractivity contribution in [1.29, 1.82) is 0 Å². The highest BCUT2D eigenvalue weighted by Gasteiger charge is 2.25. The van der Waals surface area contributed by atoms with Crippen LogP contribution >= 0.6 is 0 Å². The lowest BCUT2D eigenvalue weighted by molar-refractivity contribution is 0.0321. The summed E-state index contributed by atoms with van der Waals surface area (Å²) in [6, 6.07) is 5.43. The minimum Gasteiger partial charge on any atom is -0.462 e. The minimum atomic E-state index is -0.464. The lowest BCUT2D eigenvalue weighted by atomic mass is 9.95. The molecule has 1 aromatic carbocycles. The van der Waals surface area contributed by atoms with E-state index in [1.54, 1.807) is 6.07 Å². The van der Waals surface area contributed by atoms with E-state index < -0.39 is 11.9 Å². The molecule has 1 aromatic rings. The van der Waals surface area contributed by atoms with Crippen molar-refractivity contribution in [2.24, 2.45) is 16.7 Å². The van der Waals surface area contributed by atoms with E-state index in [2.05, 4.69) is 13.8 Å². The molecule has 0 atom stereocenters. The average molecular weight is 419 g/mol. The summed E-state index contributed by atoms with van der Waals surface area (Å²) in [6.45, 7) is 17.1. The number of carbonyl (C=O) groups excluding carboxylic acids is 2. The Balaban J connectivity index is 3.04. The van der Waals surface area contributed by atoms with E-state index in [1.807, 2.05) is 53.7 Å². The standard InChI is InChI=1S/C26H42O4/c1-19(2)13-10-9-11-14-20-15-12-16-21(23(27)29-17-25(3,4)5)22(20)24(28)30-18-26(6,7)8/h12,15-16,19H,9-11,13-14,17-18H2,1-8H3. The predicted molar refractivity (Wildman–Crippen MR) is 123 cm³/mol. The fraction of sp³-hybridized carbons (Fsp3) is 0.692. The first-order valence-corrected chi connectivity index (χ1v) is 11.3. The normalized spacial score (nSPS) is 12.2. The van der Waals surface area contributed by atoms with Gasteiger partial charge >= 0.3 is 11.9 Å². The second-order valence-electron chi connectivity index (χ2n) is 11.1. The number of aryl methyl sites for hydroxylation is 1. The van der Waals surface area contributed by atoms with Crippen LogP contribution in [-0.4, -0.2) is 25.2 Å². The molecule has 0 aliphatic carbocycles. The van der Waals surface area contributed by atoms with Gasteiger partial charge in [0.1, 0.15) is 0 Å². The molecule has 30 heavy (non-hydrogen) atoms. The van der Waals surface area contributed by atoms with E-state index in [9.17, 15) is 9.59 Å². The van der Waals surface area contributed by atoms with Gasteiger partial charge in [-0.1, -0.05) is 86.8 Å². The molecule has 0 N–H and O–H groups in total. The number of hydrogen-bond acceptors (Lipinski definition) is 4. The smallest absolute Gasteiger partial charge is 0.339 e. The minimum absolute atomic E-state index is 0.142. The molecule has 0 heterocycles. The molecule has 0 saturated carbocycles. The Hall–Kier alpha value is -1.84. The van der Waals surface area contributed by atoms with Gasteiger partial charge in [-0.25, -0.2) is 9.59 Å². The Morgan fingerprint density at radius 2 is 1.40 bits per heavy atom. The Labute approximate surface area is 183 Å². The van der Waals surface area contributed by atoms with Crippen molar-refractivity contribution in [1.82, 2.24) is 0 Å². The van der Waals surface area contributed by atoms with Gasteiger partial charge in [0, 0.05) is 0 Å². The summed E-state index contributed by atoms with van der Waals surface area (Å²) >= 11 is 0. The largest absolute Gasteiger partial charge is 0.462 e. The molecule has 4 nitrogen and oxygen atoms in total. The monoisotopic (exact) mass is 418 g/mol. The molecular formula is C26H42O4. The van der Waals surface area contributed by atoms with Gasteiger partial charge in [0.25, 0.3) is 0 Å². The summed E-state index contributed by atoms with van der Waals surface area (Å²) in [5, 5.41) is 0. The number of esters is 2. The molecule has 0 fully saturated rings. The van der Waals surface area contributed by atoms with E-state index in [0.29, 0.717) is 30.3 Å². The fourth-order valence-corrected chi connectivity index (χ4v) is 2.98. The Morgan fingerprint density at radius 3 is 1.93 bits per heavy atom. The number of hydrogen-bond donors (Lipinski definition) is 0. The van der Waals surface area contributed by atoms with E-state index >= 15 is 0 Å². The first-order chi connectivity index (χ1) is 13.8. The molecule has 0 aliphatic heterocycles. The fourth-order valence-electron chi connectivity index (χ4n) is 2.98. The maximum absolute atomic E-state index is 13.0. The Kier molecular flexibility index (Phi) is 10.1. The zero-order valence-corrected chi connectivity index (χ0v) is 20.4. The molecule has 0 aromatic heterocycles. The SMILES string of the molecule is CC(C)CCCCCc1cccc(C(=O)OCC(C)(C)C)c1C(=O)OCC(C)(C)C. The van der Waals surface area contributed by atoms with Gasteiger partial charge in [-0.05, 0) is 41.2 Å². The second-order valence-corrected chi connectivity index (χ2v) is 11.1. The van der Waals surface area contributed by atoms with Gasteiger partial charge < -0.3 is 9.47 Å². The van der Waals surface area contributed by atoms with Crippen LogP contribution in [0.5, 0.6) is 0 Å². The molecule has 4 heteroatoms. The van der Waals surface area contributed by atoms with Crippen molar-refractivity contribution in [3.05, 3.63) is 34.9 Å². The van der Waals surface area contributed by atoms with Crippen molar-refractivity contribution in [3.63, 3.8) is 0 Å². The van der Waals surface area contributed by atoms with Crippen LogP contribution in [0.25, 0.3) is 0 Å². The van der Waals surface area contributed by atoms with Crippen LogP contribution in [0.4, 0.5) is 0 Å². The zero-order chi connectivity index (χ0) is 22.9. The topological polar surface area (TPSA) is 52.6 Å². The van der Waals surface area contributed by atoms with Crippen LogP contribution in [0.15, 0.2) is 18.2 Å². The number of rotatable bonds is 10. The van der Waals surface area contributed by atoms with Crippen molar-refractivity contribution < 1.29 is 19.1 Å². The number of carbonyl (C=O) groups is 2. The highest BCUT2D eigenvalue weighted by atomic mass is 16.5. The van der Waals surface area contributed by atoms with Gasteiger partial charge in [0.05, 0.1) is 24.3 Å². The van der Waals surface area contributed by atoms with Crippen LogP contribution in [0.1, 0.15) is 107 Å². The maximum atomic E-state index is 13.0. The Morgan fingerprint density at radius 1 is 0.833 bits per heavy atom. The van der Waals surface area contributed by atoms with Crippen LogP contribution in [0, 0.1) is 16.7 Å². The summed E-state index contributed by atoms with van der Waals surface area (Å²) in [5.74, 6) is -0.200. The molecule has 0 unspecified atom stereocenters. The van der Waals surface area contributed by atoms with Gasteiger partial charge in [0.2, 0.25) is 0 Å². The second kappa shape index (κ2) is 11.5. The van der Waals surface area contributed by atoms with Crippen molar-refractivity contribution in [2.75, 3.05) is 13.2 Å². The zero-order valence-electron chi connectivity index (χ0n) is 20.4. The number of benzene rings is 1. The molecule has 0 bridgehead atoms. The van der Waals surface area contributed by atoms with Crippen LogP contribution < -0.4 is 0 Å². The molecule has 0 radical (unpaired) electrons. The quantitative estimate of drug-likeness (QED) is 0.308. The summed E-state index contributed by atoms with van der Waals surface area (Å²) in [4.78, 5) is 25.8. The third-order valence-electron chi connectivity index (χ3n) is 4.57. The lowest BCUT2D eigenvalue weighted by Crippen LogP contribution is -2.23. The van der Waals surface area contributed by atoms with Crippen LogP contribution in [0.2, 0.25) is 0 Å². The molecule has 0 spiro atoms. The summed E-state index contributed by atoms with van der Waals surface area (Å²) in [6.07, 6.45) is 5.22. The predicted octanol–water partition coefficient (Wildman–Crippen LogP) is 6.85.